The predicted molar refractivity (Wildman–Crippen MR) is 17.2 cm³/mol. The first-order chi connectivity index (χ1) is 1.91. The lowest BCUT2D eigenvalue weighted by Gasteiger charge is -1.76. The maximum absolute atomic E-state index is 4.43. The Morgan fingerprint density at radius 1 is 2.00 bits per heavy atom. The van der Waals surface area contributed by atoms with Gasteiger partial charge in [0.1, 0.15) is 0 Å². The van der Waals surface area contributed by atoms with E-state index in [-0.39, 0.29) is 0 Å². The number of rotatable bonds is 1. The summed E-state index contributed by atoms with van der Waals surface area (Å²) in [6, 6.07) is 0. The molecule has 0 spiro atoms. The van der Waals surface area contributed by atoms with E-state index in [2.05, 4.69) is 11.7 Å². The van der Waals surface area contributed by atoms with Crippen LogP contribution in [0.5, 0.6) is 0 Å². The van der Waals surface area contributed by atoms with Crippen LogP contribution >= 0.6 is 0 Å². The summed E-state index contributed by atoms with van der Waals surface area (Å²) in [6.45, 7) is 3.95. The van der Waals surface area contributed by atoms with Crippen molar-refractivity contribution < 1.29 is 4.74 Å². The minimum absolute atomic E-state index is 0.569. The Morgan fingerprint density at radius 2 is 2.25 bits per heavy atom. The van der Waals surface area contributed by atoms with E-state index in [1.807, 2.05) is 0 Å². The van der Waals surface area contributed by atoms with Crippen molar-refractivity contribution in [3.8, 4) is 0 Å². The summed E-state index contributed by atoms with van der Waals surface area (Å²) in [7, 11) is 1.62. The van der Waals surface area contributed by atoms with Crippen LogP contribution in [0, 0.1) is 6.92 Å². The molecule has 0 heterocycles. The Kier molecular flexibility index (Phi) is 2.93. The van der Waals surface area contributed by atoms with E-state index in [0.717, 1.165) is 0 Å². The molecular weight excluding hydrogens is 52.0 g/mol. The molecule has 0 fully saturated rings. The summed E-state index contributed by atoms with van der Waals surface area (Å²) in [5.41, 5.74) is 0. The lowest BCUT2D eigenvalue weighted by atomic mass is 10.9. The molecule has 1 nitrogen and oxygen atoms in total. The fourth-order valence-electron chi connectivity index (χ4n) is 0. The maximum Gasteiger partial charge on any atom is 0.0463 e. The van der Waals surface area contributed by atoms with Gasteiger partial charge < -0.3 is 4.74 Å². The SMILES string of the molecule is [CH2]COC. The van der Waals surface area contributed by atoms with Crippen molar-refractivity contribution in [1.29, 1.82) is 0 Å². The average Bonchev–Trinajstić information content (AvgIpc) is 1.37. The zero-order valence-electron chi connectivity index (χ0n) is 2.82. The van der Waals surface area contributed by atoms with Gasteiger partial charge in [0.15, 0.2) is 0 Å². The molecule has 1 radical (unpaired) electrons. The summed E-state index contributed by atoms with van der Waals surface area (Å²) in [5.74, 6) is 0. The monoisotopic (exact) mass is 59.0 g/mol. The molecule has 0 unspecified atom stereocenters. The minimum atomic E-state index is 0.569. The largest absolute Gasteiger partial charge is 0.385 e. The van der Waals surface area contributed by atoms with Crippen LogP contribution in [0.1, 0.15) is 0 Å². The quantitative estimate of drug-likeness (QED) is 0.426. The molecule has 0 aromatic carbocycles. The summed E-state index contributed by atoms with van der Waals surface area (Å²) in [5, 5.41) is 0. The molecule has 0 saturated heterocycles. The first-order valence-electron chi connectivity index (χ1n) is 1.20. The third-order valence-electron chi connectivity index (χ3n) is 0.204. The van der Waals surface area contributed by atoms with Gasteiger partial charge in [0.25, 0.3) is 0 Å². The molecule has 1 heteroatoms. The van der Waals surface area contributed by atoms with Gasteiger partial charge in [-0.25, -0.2) is 0 Å². The first kappa shape index (κ1) is 3.96. The van der Waals surface area contributed by atoms with Crippen LogP contribution in [0.2, 0.25) is 0 Å². The van der Waals surface area contributed by atoms with Crippen molar-refractivity contribution >= 4 is 0 Å². The van der Waals surface area contributed by atoms with Crippen molar-refractivity contribution in [1.82, 2.24) is 0 Å². The van der Waals surface area contributed by atoms with Crippen molar-refractivity contribution in [3.05, 3.63) is 6.92 Å². The number of methoxy groups -OCH3 is 1. The Morgan fingerprint density at radius 3 is 2.25 bits per heavy atom. The van der Waals surface area contributed by atoms with Crippen molar-refractivity contribution in [2.24, 2.45) is 0 Å². The van der Waals surface area contributed by atoms with Gasteiger partial charge >= 0.3 is 0 Å². The topological polar surface area (TPSA) is 9.23 Å². The van der Waals surface area contributed by atoms with Crippen LogP contribution in [-0.2, 0) is 4.74 Å². The zero-order valence-corrected chi connectivity index (χ0v) is 2.82. The molecule has 0 aromatic rings. The van der Waals surface area contributed by atoms with Gasteiger partial charge in [-0.1, -0.05) is 0 Å². The molecule has 0 aliphatic heterocycles. The molecule has 0 N–H and O–H groups in total. The average molecular weight is 59.1 g/mol. The van der Waals surface area contributed by atoms with Crippen LogP contribution in [0.3, 0.4) is 0 Å². The van der Waals surface area contributed by atoms with Crippen molar-refractivity contribution in [2.75, 3.05) is 13.7 Å². The third kappa shape index (κ3) is 1.96. The number of hydrogen-bond acceptors (Lipinski definition) is 1. The van der Waals surface area contributed by atoms with Gasteiger partial charge in [0, 0.05) is 13.7 Å². The van der Waals surface area contributed by atoms with Crippen molar-refractivity contribution in [2.45, 2.75) is 0 Å². The van der Waals surface area contributed by atoms with E-state index in [9.17, 15) is 0 Å². The zero-order chi connectivity index (χ0) is 3.41. The van der Waals surface area contributed by atoms with Gasteiger partial charge in [-0.2, -0.15) is 0 Å². The van der Waals surface area contributed by atoms with Crippen LogP contribution in [0.4, 0.5) is 0 Å². The van der Waals surface area contributed by atoms with Crippen molar-refractivity contribution in [3.63, 3.8) is 0 Å². The molecule has 0 amide bonds. The molecule has 0 aromatic heterocycles. The van der Waals surface area contributed by atoms with E-state index in [0.29, 0.717) is 6.61 Å². The summed E-state index contributed by atoms with van der Waals surface area (Å²) in [4.78, 5) is 0. The highest BCUT2D eigenvalue weighted by Crippen LogP contribution is 1.51. The Balaban J connectivity index is 1.97. The number of ether oxygens (including phenoxy) is 1. The van der Waals surface area contributed by atoms with Crippen LogP contribution in [0.15, 0.2) is 0 Å². The lowest BCUT2D eigenvalue weighted by molar-refractivity contribution is 0.232. The van der Waals surface area contributed by atoms with Gasteiger partial charge in [0.2, 0.25) is 0 Å². The highest BCUT2D eigenvalue weighted by atomic mass is 16.5. The Hall–Kier alpha value is -0.0400. The fraction of sp³-hybridized carbons (Fsp3) is 0.667. The minimum Gasteiger partial charge on any atom is -0.385 e. The second-order valence-corrected chi connectivity index (χ2v) is 0.493. The second-order valence-electron chi connectivity index (χ2n) is 0.493. The van der Waals surface area contributed by atoms with Gasteiger partial charge in [0.05, 0.1) is 0 Å². The van der Waals surface area contributed by atoms with E-state index in [1.165, 1.54) is 0 Å². The smallest absolute Gasteiger partial charge is 0.0463 e. The fourth-order valence-corrected chi connectivity index (χ4v) is 0. The molecule has 0 saturated carbocycles. The first-order valence-corrected chi connectivity index (χ1v) is 1.20. The highest BCUT2D eigenvalue weighted by molar-refractivity contribution is 4.21. The second kappa shape index (κ2) is 2.96. The molecule has 0 aliphatic carbocycles. The van der Waals surface area contributed by atoms with Crippen LogP contribution in [-0.4, -0.2) is 13.7 Å². The molecule has 0 atom stereocenters. The Bertz CT molecular complexity index is 5.25. The summed E-state index contributed by atoms with van der Waals surface area (Å²) < 4.78 is 4.43. The summed E-state index contributed by atoms with van der Waals surface area (Å²) in [6.07, 6.45) is 0. The lowest BCUT2D eigenvalue weighted by Crippen LogP contribution is -1.74. The summed E-state index contributed by atoms with van der Waals surface area (Å²) >= 11 is 0. The third-order valence-corrected chi connectivity index (χ3v) is 0.204. The van der Waals surface area contributed by atoms with Crippen LogP contribution in [0.25, 0.3) is 0 Å². The molecule has 0 aliphatic rings. The standard InChI is InChI=1S/C3H7O/c1-3-4-2/h1,3H2,2H3. The number of hydrogen-bond donors (Lipinski definition) is 0. The van der Waals surface area contributed by atoms with E-state index < -0.39 is 0 Å². The Labute approximate surface area is 26.6 Å². The molecule has 25 valence electrons. The molecule has 0 bridgehead atoms. The molecular formula is C3H7O. The van der Waals surface area contributed by atoms with E-state index in [1.54, 1.807) is 7.11 Å². The van der Waals surface area contributed by atoms with Gasteiger partial charge in [-0.3, -0.25) is 0 Å². The maximum atomic E-state index is 4.43. The van der Waals surface area contributed by atoms with Gasteiger partial charge in [-0.15, -0.1) is 0 Å². The van der Waals surface area contributed by atoms with E-state index >= 15 is 0 Å². The molecule has 4 heavy (non-hydrogen) atoms. The van der Waals surface area contributed by atoms with E-state index in [4.69, 9.17) is 0 Å². The molecule has 0 rings (SSSR count). The van der Waals surface area contributed by atoms with Crippen LogP contribution < -0.4 is 0 Å². The normalized spacial score (nSPS) is 7.50. The highest BCUT2D eigenvalue weighted by Gasteiger charge is 1.51. The van der Waals surface area contributed by atoms with Gasteiger partial charge in [-0.05, 0) is 6.92 Å². The predicted octanol–water partition coefficient (Wildman–Crippen LogP) is 0.467.